The van der Waals surface area contributed by atoms with Gasteiger partial charge in [0.15, 0.2) is 5.16 Å². The number of H-pyrrole nitrogens is 1. The molecule has 0 aliphatic rings. The number of rotatable bonds is 10. The van der Waals surface area contributed by atoms with Crippen LogP contribution in [0.4, 0.5) is 0 Å². The number of aryl methyl sites for hydroxylation is 1. The quantitative estimate of drug-likeness (QED) is 0.378. The molecule has 25 heavy (non-hydrogen) atoms. The fraction of sp³-hybridized carbons (Fsp3) is 0.389. The van der Waals surface area contributed by atoms with Gasteiger partial charge in [0.2, 0.25) is 5.91 Å². The van der Waals surface area contributed by atoms with Crippen LogP contribution in [-0.2, 0) is 17.0 Å². The van der Waals surface area contributed by atoms with Crippen molar-refractivity contribution in [1.82, 2.24) is 15.3 Å². The molecule has 0 saturated carbocycles. The van der Waals surface area contributed by atoms with Crippen LogP contribution >= 0.6 is 23.5 Å². The monoisotopic (exact) mass is 377 g/mol. The zero-order valence-corrected chi connectivity index (χ0v) is 15.9. The SMILES string of the molecule is CCCc1cc(=O)[nH]c(SCC(=O)NCCSCc2ccccc2)n1. The van der Waals surface area contributed by atoms with Crippen molar-refractivity contribution in [2.24, 2.45) is 0 Å². The van der Waals surface area contributed by atoms with Gasteiger partial charge in [0.25, 0.3) is 5.56 Å². The lowest BCUT2D eigenvalue weighted by Gasteiger charge is -2.06. The first-order valence-electron chi connectivity index (χ1n) is 8.28. The molecule has 1 aromatic heterocycles. The van der Waals surface area contributed by atoms with E-state index in [0.717, 1.165) is 30.0 Å². The molecule has 0 aliphatic heterocycles. The smallest absolute Gasteiger partial charge is 0.251 e. The number of nitrogens with zero attached hydrogens (tertiary/aromatic N) is 1. The van der Waals surface area contributed by atoms with Crippen LogP contribution in [-0.4, -0.2) is 33.9 Å². The van der Waals surface area contributed by atoms with Crippen LogP contribution in [0.2, 0.25) is 0 Å². The number of hydrogen-bond acceptors (Lipinski definition) is 5. The number of amides is 1. The zero-order chi connectivity index (χ0) is 17.9. The zero-order valence-electron chi connectivity index (χ0n) is 14.3. The fourth-order valence-corrected chi connectivity index (χ4v) is 3.69. The molecule has 0 atom stereocenters. The first kappa shape index (κ1) is 19.6. The molecule has 5 nitrogen and oxygen atoms in total. The summed E-state index contributed by atoms with van der Waals surface area (Å²) in [6, 6.07) is 11.8. The maximum Gasteiger partial charge on any atom is 0.251 e. The normalized spacial score (nSPS) is 10.6. The minimum absolute atomic E-state index is 0.0474. The molecule has 0 unspecified atom stereocenters. The lowest BCUT2D eigenvalue weighted by molar-refractivity contribution is -0.118. The molecule has 0 saturated heterocycles. The highest BCUT2D eigenvalue weighted by Crippen LogP contribution is 2.12. The Balaban J connectivity index is 1.64. The van der Waals surface area contributed by atoms with E-state index in [4.69, 9.17) is 0 Å². The molecule has 1 heterocycles. The maximum absolute atomic E-state index is 11.9. The summed E-state index contributed by atoms with van der Waals surface area (Å²) in [7, 11) is 0. The van der Waals surface area contributed by atoms with E-state index in [1.165, 1.54) is 23.4 Å². The number of thioether (sulfide) groups is 2. The Labute approximate surface area is 156 Å². The fourth-order valence-electron chi connectivity index (χ4n) is 2.15. The Morgan fingerprint density at radius 3 is 2.84 bits per heavy atom. The molecule has 134 valence electrons. The summed E-state index contributed by atoms with van der Waals surface area (Å²) in [5.41, 5.74) is 1.89. The van der Waals surface area contributed by atoms with Gasteiger partial charge < -0.3 is 10.3 Å². The van der Waals surface area contributed by atoms with E-state index in [2.05, 4.69) is 27.4 Å². The van der Waals surface area contributed by atoms with Crippen LogP contribution in [0.1, 0.15) is 24.6 Å². The van der Waals surface area contributed by atoms with Gasteiger partial charge in [0, 0.05) is 29.8 Å². The van der Waals surface area contributed by atoms with Crippen LogP contribution in [0.5, 0.6) is 0 Å². The van der Waals surface area contributed by atoms with Crippen molar-refractivity contribution in [2.45, 2.75) is 30.7 Å². The third-order valence-corrected chi connectivity index (χ3v) is 5.20. The van der Waals surface area contributed by atoms with E-state index in [0.29, 0.717) is 11.7 Å². The van der Waals surface area contributed by atoms with Crippen LogP contribution in [0.3, 0.4) is 0 Å². The Morgan fingerprint density at radius 2 is 2.08 bits per heavy atom. The van der Waals surface area contributed by atoms with Gasteiger partial charge in [-0.2, -0.15) is 11.8 Å². The Morgan fingerprint density at radius 1 is 1.28 bits per heavy atom. The third-order valence-electron chi connectivity index (χ3n) is 3.30. The van der Waals surface area contributed by atoms with Crippen molar-refractivity contribution in [2.75, 3.05) is 18.1 Å². The van der Waals surface area contributed by atoms with E-state index in [9.17, 15) is 9.59 Å². The molecule has 2 aromatic rings. The molecule has 0 bridgehead atoms. The summed E-state index contributed by atoms with van der Waals surface area (Å²) >= 11 is 3.05. The molecule has 0 aliphatic carbocycles. The first-order chi connectivity index (χ1) is 12.2. The van der Waals surface area contributed by atoms with Crippen molar-refractivity contribution < 1.29 is 4.79 Å². The van der Waals surface area contributed by atoms with Gasteiger partial charge >= 0.3 is 0 Å². The first-order valence-corrected chi connectivity index (χ1v) is 10.4. The molecule has 1 aromatic carbocycles. The van der Waals surface area contributed by atoms with Gasteiger partial charge in [-0.1, -0.05) is 55.4 Å². The van der Waals surface area contributed by atoms with Crippen LogP contribution in [0, 0.1) is 0 Å². The van der Waals surface area contributed by atoms with E-state index in [-0.39, 0.29) is 17.2 Å². The van der Waals surface area contributed by atoms with Crippen LogP contribution in [0.15, 0.2) is 46.3 Å². The van der Waals surface area contributed by atoms with Gasteiger partial charge in [0.05, 0.1) is 5.75 Å². The molecular formula is C18H23N3O2S2. The third kappa shape index (κ3) is 7.79. The Hall–Kier alpha value is -1.73. The number of hydrogen-bond donors (Lipinski definition) is 2. The highest BCUT2D eigenvalue weighted by Gasteiger charge is 2.06. The summed E-state index contributed by atoms with van der Waals surface area (Å²) in [5, 5.41) is 3.40. The molecule has 2 rings (SSSR count). The summed E-state index contributed by atoms with van der Waals surface area (Å²) in [5.74, 6) is 2.02. The number of carbonyl (C=O) groups excluding carboxylic acids is 1. The number of aromatic nitrogens is 2. The highest BCUT2D eigenvalue weighted by atomic mass is 32.2. The second kappa shape index (κ2) is 11.0. The van der Waals surface area contributed by atoms with Crippen molar-refractivity contribution in [3.05, 3.63) is 58.0 Å². The van der Waals surface area contributed by atoms with Crippen molar-refractivity contribution >= 4 is 29.4 Å². The van der Waals surface area contributed by atoms with Gasteiger partial charge in [0.1, 0.15) is 0 Å². The predicted molar refractivity (Wildman–Crippen MR) is 105 cm³/mol. The van der Waals surface area contributed by atoms with E-state index in [1.54, 1.807) is 11.8 Å². The van der Waals surface area contributed by atoms with E-state index in [1.807, 2.05) is 25.1 Å². The summed E-state index contributed by atoms with van der Waals surface area (Å²) in [6.45, 7) is 2.68. The minimum Gasteiger partial charge on any atom is -0.355 e. The molecule has 0 radical (unpaired) electrons. The predicted octanol–water partition coefficient (Wildman–Crippen LogP) is 2.86. The number of benzene rings is 1. The molecule has 2 N–H and O–H groups in total. The van der Waals surface area contributed by atoms with Crippen LogP contribution < -0.4 is 10.9 Å². The topological polar surface area (TPSA) is 74.8 Å². The number of nitrogens with one attached hydrogen (secondary N) is 2. The van der Waals surface area contributed by atoms with Gasteiger partial charge in [-0.15, -0.1) is 0 Å². The molecule has 7 heteroatoms. The second-order valence-electron chi connectivity index (χ2n) is 5.47. The molecule has 1 amide bonds. The number of carbonyl (C=O) groups is 1. The van der Waals surface area contributed by atoms with Crippen molar-refractivity contribution in [1.29, 1.82) is 0 Å². The molecule has 0 spiro atoms. The highest BCUT2D eigenvalue weighted by molar-refractivity contribution is 7.99. The van der Waals surface area contributed by atoms with Gasteiger partial charge in [-0.3, -0.25) is 9.59 Å². The lowest BCUT2D eigenvalue weighted by Crippen LogP contribution is -2.27. The maximum atomic E-state index is 11.9. The number of aromatic amines is 1. The summed E-state index contributed by atoms with van der Waals surface area (Å²) in [6.07, 6.45) is 1.70. The standard InChI is InChI=1S/C18H23N3O2S2/c1-2-6-15-11-16(22)21-18(20-15)25-13-17(23)19-9-10-24-12-14-7-4-3-5-8-14/h3-5,7-8,11H,2,6,9-10,12-13H2,1H3,(H,19,23)(H,20,21,22). The van der Waals surface area contributed by atoms with Crippen LogP contribution in [0.25, 0.3) is 0 Å². The Kier molecular flexibility index (Phi) is 8.62. The Bertz CT molecular complexity index is 720. The second-order valence-corrected chi connectivity index (χ2v) is 7.54. The lowest BCUT2D eigenvalue weighted by atomic mass is 10.2. The summed E-state index contributed by atoms with van der Waals surface area (Å²) < 4.78 is 0. The summed E-state index contributed by atoms with van der Waals surface area (Å²) in [4.78, 5) is 30.5. The molecule has 0 fully saturated rings. The van der Waals surface area contributed by atoms with Gasteiger partial charge in [-0.05, 0) is 12.0 Å². The van der Waals surface area contributed by atoms with Crippen molar-refractivity contribution in [3.8, 4) is 0 Å². The molecular weight excluding hydrogens is 354 g/mol. The average Bonchev–Trinajstić information content (AvgIpc) is 2.60. The van der Waals surface area contributed by atoms with Gasteiger partial charge in [-0.25, -0.2) is 4.98 Å². The van der Waals surface area contributed by atoms with E-state index < -0.39 is 0 Å². The van der Waals surface area contributed by atoms with Crippen molar-refractivity contribution in [3.63, 3.8) is 0 Å². The average molecular weight is 378 g/mol. The van der Waals surface area contributed by atoms with E-state index >= 15 is 0 Å². The largest absolute Gasteiger partial charge is 0.355 e. The minimum atomic E-state index is -0.168.